The highest BCUT2D eigenvalue weighted by Gasteiger charge is 2.33. The van der Waals surface area contributed by atoms with Crippen LogP contribution < -0.4 is 4.90 Å². The molecule has 0 radical (unpaired) electrons. The Kier molecular flexibility index (Phi) is 13.0. The third-order valence-corrected chi connectivity index (χ3v) is 6.57. The van der Waals surface area contributed by atoms with E-state index in [9.17, 15) is 0 Å². The highest BCUT2D eigenvalue weighted by molar-refractivity contribution is 6.33. The lowest BCUT2D eigenvalue weighted by molar-refractivity contribution is 0.129. The first-order valence-electron chi connectivity index (χ1n) is 12.1. The number of nitrogens with zero attached hydrogens (tertiary/aromatic N) is 2. The molecular formula is C30H38Cl2N2O. The summed E-state index contributed by atoms with van der Waals surface area (Å²) in [5.74, 6) is 3.03. The molecule has 2 aromatic rings. The van der Waals surface area contributed by atoms with E-state index in [0.29, 0.717) is 17.9 Å². The van der Waals surface area contributed by atoms with E-state index in [0.717, 1.165) is 43.5 Å². The first-order chi connectivity index (χ1) is 16.9. The van der Waals surface area contributed by atoms with Gasteiger partial charge >= 0.3 is 0 Å². The Morgan fingerprint density at radius 1 is 1.17 bits per heavy atom. The van der Waals surface area contributed by atoms with Crippen LogP contribution in [0.2, 0.25) is 5.02 Å². The summed E-state index contributed by atoms with van der Waals surface area (Å²) in [5, 5.41) is 0.834. The number of hydrogen-bond acceptors (Lipinski definition) is 3. The Labute approximate surface area is 222 Å². The Balaban J connectivity index is 0.000000784. The van der Waals surface area contributed by atoms with E-state index in [1.165, 1.54) is 22.7 Å². The average molecular weight is 514 g/mol. The molecule has 1 aliphatic rings. The molecule has 1 heterocycles. The summed E-state index contributed by atoms with van der Waals surface area (Å²) in [5.41, 5.74) is 4.97. The SMILES string of the molecule is C#C/C=C/Cl.C/C=C\C(C)C1CN(Cc2ccccc2)CC(COC)CN1c1ccc(C)cc1Cl. The molecule has 0 spiro atoms. The second-order valence-electron chi connectivity index (χ2n) is 9.02. The lowest BCUT2D eigenvalue weighted by atomic mass is 9.98. The number of terminal acetylenes is 1. The van der Waals surface area contributed by atoms with Gasteiger partial charge in [-0.15, -0.1) is 6.42 Å². The highest BCUT2D eigenvalue weighted by Crippen LogP contribution is 2.33. The van der Waals surface area contributed by atoms with Crippen molar-refractivity contribution < 1.29 is 4.74 Å². The van der Waals surface area contributed by atoms with Crippen molar-refractivity contribution in [3.63, 3.8) is 0 Å². The first kappa shape index (κ1) is 29.0. The fraction of sp³-hybridized carbons (Fsp3) is 0.400. The van der Waals surface area contributed by atoms with E-state index in [-0.39, 0.29) is 0 Å². The number of benzene rings is 2. The fourth-order valence-electron chi connectivity index (χ4n) is 4.63. The minimum absolute atomic E-state index is 0.340. The molecule has 35 heavy (non-hydrogen) atoms. The molecule has 2 aromatic carbocycles. The van der Waals surface area contributed by atoms with E-state index >= 15 is 0 Å². The standard InChI is InChI=1S/C26H35ClN2O.C4H3Cl/c1-5-9-21(3)26-18-28(15-22-10-7-6-8-11-22)16-23(19-30-4)17-29(26)25-13-12-20(2)14-24(25)27;1-2-3-4-5/h5-14,21,23,26H,15-19H2,1-4H3;1,3-4H/b9-5-;4-3+. The quantitative estimate of drug-likeness (QED) is 0.288. The van der Waals surface area contributed by atoms with Gasteiger partial charge in [0.05, 0.1) is 17.3 Å². The zero-order valence-electron chi connectivity index (χ0n) is 21.3. The molecule has 1 fully saturated rings. The number of methoxy groups -OCH3 is 1. The Bertz CT molecular complexity index is 984. The van der Waals surface area contributed by atoms with Crippen LogP contribution >= 0.6 is 23.2 Å². The van der Waals surface area contributed by atoms with Gasteiger partial charge in [-0.25, -0.2) is 0 Å². The summed E-state index contributed by atoms with van der Waals surface area (Å²) in [4.78, 5) is 5.12. The normalized spacial score (nSPS) is 19.7. The van der Waals surface area contributed by atoms with E-state index in [4.69, 9.17) is 34.4 Å². The molecule has 5 heteroatoms. The molecule has 0 aromatic heterocycles. The average Bonchev–Trinajstić information content (AvgIpc) is 3.00. The monoisotopic (exact) mass is 512 g/mol. The van der Waals surface area contributed by atoms with E-state index < -0.39 is 0 Å². The van der Waals surface area contributed by atoms with Crippen molar-refractivity contribution in [2.75, 3.05) is 38.3 Å². The van der Waals surface area contributed by atoms with Crippen LogP contribution in [0.5, 0.6) is 0 Å². The van der Waals surface area contributed by atoms with Crippen molar-refractivity contribution in [1.82, 2.24) is 4.90 Å². The summed E-state index contributed by atoms with van der Waals surface area (Å²) in [6.45, 7) is 11.2. The summed E-state index contributed by atoms with van der Waals surface area (Å²) < 4.78 is 5.61. The van der Waals surface area contributed by atoms with Gasteiger partial charge in [0.1, 0.15) is 0 Å². The van der Waals surface area contributed by atoms with Crippen LogP contribution in [0.25, 0.3) is 0 Å². The Hall–Kier alpha value is -2.22. The molecular weight excluding hydrogens is 475 g/mol. The maximum atomic E-state index is 6.75. The molecule has 3 unspecified atom stereocenters. The second-order valence-corrected chi connectivity index (χ2v) is 9.68. The molecule has 3 atom stereocenters. The maximum Gasteiger partial charge on any atom is 0.0642 e. The van der Waals surface area contributed by atoms with Crippen molar-refractivity contribution in [1.29, 1.82) is 0 Å². The molecule has 0 aliphatic carbocycles. The molecule has 1 aliphatic heterocycles. The van der Waals surface area contributed by atoms with Crippen molar-refractivity contribution in [2.24, 2.45) is 11.8 Å². The van der Waals surface area contributed by atoms with Crippen LogP contribution in [-0.4, -0.2) is 44.3 Å². The van der Waals surface area contributed by atoms with Gasteiger partial charge in [0.15, 0.2) is 0 Å². The van der Waals surface area contributed by atoms with Gasteiger partial charge in [-0.1, -0.05) is 84.6 Å². The molecule has 3 nitrogen and oxygen atoms in total. The van der Waals surface area contributed by atoms with Gasteiger partial charge in [-0.05, 0) is 49.1 Å². The van der Waals surface area contributed by atoms with Crippen molar-refractivity contribution >= 4 is 28.9 Å². The molecule has 0 saturated carbocycles. The van der Waals surface area contributed by atoms with Crippen molar-refractivity contribution in [3.8, 4) is 12.3 Å². The van der Waals surface area contributed by atoms with E-state index in [1.54, 1.807) is 7.11 Å². The van der Waals surface area contributed by atoms with Crippen molar-refractivity contribution in [3.05, 3.63) is 88.4 Å². The number of allylic oxidation sites excluding steroid dienone is 2. The molecule has 1 saturated heterocycles. The lowest BCUT2D eigenvalue weighted by Gasteiger charge is -2.37. The molecule has 0 N–H and O–H groups in total. The fourth-order valence-corrected chi connectivity index (χ4v) is 5.04. The number of anilines is 1. The largest absolute Gasteiger partial charge is 0.384 e. The minimum atomic E-state index is 0.340. The van der Waals surface area contributed by atoms with E-state index in [2.05, 4.69) is 97.2 Å². The summed E-state index contributed by atoms with van der Waals surface area (Å²) in [7, 11) is 1.80. The predicted molar refractivity (Wildman–Crippen MR) is 152 cm³/mol. The zero-order valence-corrected chi connectivity index (χ0v) is 22.8. The highest BCUT2D eigenvalue weighted by atomic mass is 35.5. The van der Waals surface area contributed by atoms with Crippen LogP contribution in [0.3, 0.4) is 0 Å². The maximum absolute atomic E-state index is 6.75. The first-order valence-corrected chi connectivity index (χ1v) is 12.9. The van der Waals surface area contributed by atoms with Gasteiger partial charge in [0, 0.05) is 50.8 Å². The van der Waals surface area contributed by atoms with Crippen LogP contribution in [0, 0.1) is 31.1 Å². The molecule has 0 amide bonds. The van der Waals surface area contributed by atoms with Gasteiger partial charge in [0.2, 0.25) is 0 Å². The number of ether oxygens (including phenoxy) is 1. The third-order valence-electron chi connectivity index (χ3n) is 6.14. The van der Waals surface area contributed by atoms with Crippen LogP contribution in [0.15, 0.2) is 72.3 Å². The zero-order chi connectivity index (χ0) is 25.6. The second kappa shape index (κ2) is 15.7. The minimum Gasteiger partial charge on any atom is -0.384 e. The smallest absolute Gasteiger partial charge is 0.0642 e. The van der Waals surface area contributed by atoms with Gasteiger partial charge in [-0.3, -0.25) is 4.90 Å². The van der Waals surface area contributed by atoms with Crippen LogP contribution in [0.4, 0.5) is 5.69 Å². The lowest BCUT2D eigenvalue weighted by Crippen LogP contribution is -2.45. The summed E-state index contributed by atoms with van der Waals surface area (Å²) in [6.07, 6.45) is 10.6. The summed E-state index contributed by atoms with van der Waals surface area (Å²) in [6, 6.07) is 17.5. The topological polar surface area (TPSA) is 15.7 Å². The Morgan fingerprint density at radius 3 is 2.49 bits per heavy atom. The van der Waals surface area contributed by atoms with Gasteiger partial charge in [0.25, 0.3) is 0 Å². The van der Waals surface area contributed by atoms with Crippen LogP contribution in [0.1, 0.15) is 25.0 Å². The summed E-state index contributed by atoms with van der Waals surface area (Å²) >= 11 is 11.7. The van der Waals surface area contributed by atoms with Crippen LogP contribution in [-0.2, 0) is 11.3 Å². The molecule has 0 bridgehead atoms. The molecule has 188 valence electrons. The van der Waals surface area contributed by atoms with Crippen molar-refractivity contribution in [2.45, 2.75) is 33.4 Å². The predicted octanol–water partition coefficient (Wildman–Crippen LogP) is 7.19. The number of halogens is 2. The number of rotatable bonds is 7. The Morgan fingerprint density at radius 2 is 1.91 bits per heavy atom. The van der Waals surface area contributed by atoms with Gasteiger partial charge < -0.3 is 9.64 Å². The van der Waals surface area contributed by atoms with Gasteiger partial charge in [-0.2, -0.15) is 0 Å². The molecule has 3 rings (SSSR count). The number of aryl methyl sites for hydroxylation is 1. The van der Waals surface area contributed by atoms with E-state index in [1.807, 2.05) is 0 Å². The number of hydrogen-bond donors (Lipinski definition) is 0. The third kappa shape index (κ3) is 9.39.